The first kappa shape index (κ1) is 28.8. The number of hydrogen-bond donors (Lipinski definition) is 0. The molecular weight excluding hydrogens is 486 g/mol. The van der Waals surface area contributed by atoms with E-state index in [1.807, 2.05) is 0 Å². The molecule has 0 bridgehead atoms. The molecule has 0 radical (unpaired) electrons. The van der Waals surface area contributed by atoms with Crippen molar-refractivity contribution in [1.29, 1.82) is 0 Å². The summed E-state index contributed by atoms with van der Waals surface area (Å²) in [4.78, 5) is 0. The van der Waals surface area contributed by atoms with E-state index in [9.17, 15) is 0 Å². The number of aryl methyl sites for hydroxylation is 7. The van der Waals surface area contributed by atoms with E-state index < -0.39 is 0 Å². The molecule has 0 saturated carbocycles. The highest BCUT2D eigenvalue weighted by atomic mass is 14.9. The number of hydrogen-bond acceptors (Lipinski definition) is 0. The average molecular weight is 529 g/mol. The second kappa shape index (κ2) is 15.4. The van der Waals surface area contributed by atoms with E-state index in [0.29, 0.717) is 0 Å². The predicted molar refractivity (Wildman–Crippen MR) is 161 cm³/mol. The predicted octanol–water partition coefficient (Wildman–Crippen LogP) is 5.77. The van der Waals surface area contributed by atoms with Crippen molar-refractivity contribution < 1.29 is 13.7 Å². The highest BCUT2D eigenvalue weighted by molar-refractivity contribution is 5.46. The quantitative estimate of drug-likeness (QED) is 0.141. The molecule has 0 aliphatic carbocycles. The van der Waals surface area contributed by atoms with Gasteiger partial charge in [0.1, 0.15) is 19.6 Å². The van der Waals surface area contributed by atoms with Crippen LogP contribution in [0.1, 0.15) is 65.5 Å². The third-order valence-electron chi connectivity index (χ3n) is 6.95. The molecule has 202 valence electrons. The van der Waals surface area contributed by atoms with Crippen LogP contribution < -0.4 is 13.7 Å². The number of benzene rings is 1. The van der Waals surface area contributed by atoms with Crippen molar-refractivity contribution in [2.45, 2.75) is 78.9 Å². The molecule has 4 rings (SSSR count). The van der Waals surface area contributed by atoms with Crippen LogP contribution >= 0.6 is 0 Å². The van der Waals surface area contributed by atoms with Gasteiger partial charge in [0.2, 0.25) is 0 Å². The second-order valence-electron chi connectivity index (χ2n) is 10.7. The Bertz CT molecular complexity index is 1390. The lowest BCUT2D eigenvalue weighted by molar-refractivity contribution is -0.697. The largest absolute Gasteiger partial charge is 0.205 e. The molecule has 3 aromatic heterocycles. The summed E-state index contributed by atoms with van der Waals surface area (Å²) in [5.74, 6) is 13.7. The van der Waals surface area contributed by atoms with Crippen LogP contribution in [-0.2, 0) is 26.1 Å². The monoisotopic (exact) mass is 528 g/mol. The molecule has 0 spiro atoms. The van der Waals surface area contributed by atoms with Crippen molar-refractivity contribution in [2.75, 3.05) is 0 Å². The van der Waals surface area contributed by atoms with E-state index in [1.165, 1.54) is 22.3 Å². The smallest absolute Gasteiger partial charge is 0.169 e. The first-order valence-electron chi connectivity index (χ1n) is 14.5. The number of pyridine rings is 3. The molecule has 0 aliphatic heterocycles. The van der Waals surface area contributed by atoms with Crippen LogP contribution in [0.2, 0.25) is 0 Å². The molecule has 3 heterocycles. The van der Waals surface area contributed by atoms with E-state index in [2.05, 4.69) is 150 Å². The maximum atomic E-state index is 3.43. The van der Waals surface area contributed by atoms with Gasteiger partial charge in [-0.25, -0.2) is 13.7 Å². The van der Waals surface area contributed by atoms with Crippen molar-refractivity contribution in [3.8, 4) is 23.7 Å². The second-order valence-corrected chi connectivity index (χ2v) is 10.7. The topological polar surface area (TPSA) is 11.6 Å². The fourth-order valence-electron chi connectivity index (χ4n) is 4.52. The molecule has 0 unspecified atom stereocenters. The highest BCUT2D eigenvalue weighted by Gasteiger charge is 2.04. The Morgan fingerprint density at radius 2 is 0.875 bits per heavy atom. The van der Waals surface area contributed by atoms with Gasteiger partial charge in [0, 0.05) is 79.6 Å². The minimum Gasteiger partial charge on any atom is -0.205 e. The number of unbranched alkanes of at least 4 members (excludes halogenated alkanes) is 2. The molecule has 40 heavy (non-hydrogen) atoms. The lowest BCUT2D eigenvalue weighted by Gasteiger charge is -2.04. The lowest BCUT2D eigenvalue weighted by atomic mass is 10.0. The average Bonchev–Trinajstić information content (AvgIpc) is 2.96. The molecular formula is C37H42N3+3. The van der Waals surface area contributed by atoms with Gasteiger partial charge in [-0.3, -0.25) is 0 Å². The van der Waals surface area contributed by atoms with Crippen LogP contribution in [0.3, 0.4) is 0 Å². The zero-order valence-electron chi connectivity index (χ0n) is 24.4. The van der Waals surface area contributed by atoms with Gasteiger partial charge in [-0.2, -0.15) is 0 Å². The van der Waals surface area contributed by atoms with Gasteiger partial charge < -0.3 is 0 Å². The normalized spacial score (nSPS) is 10.4. The zero-order chi connectivity index (χ0) is 28.0. The lowest BCUT2D eigenvalue weighted by Crippen LogP contribution is -2.32. The van der Waals surface area contributed by atoms with Crippen LogP contribution in [0.5, 0.6) is 0 Å². The van der Waals surface area contributed by atoms with E-state index >= 15 is 0 Å². The van der Waals surface area contributed by atoms with E-state index in [0.717, 1.165) is 69.3 Å². The van der Waals surface area contributed by atoms with E-state index in [1.54, 1.807) is 0 Å². The van der Waals surface area contributed by atoms with Gasteiger partial charge in [0.05, 0.1) is 0 Å². The van der Waals surface area contributed by atoms with Gasteiger partial charge in [0.15, 0.2) is 37.2 Å². The number of aromatic nitrogens is 3. The minimum atomic E-state index is 0.882. The highest BCUT2D eigenvalue weighted by Crippen LogP contribution is 2.12. The summed E-state index contributed by atoms with van der Waals surface area (Å²) in [5, 5.41) is 0. The van der Waals surface area contributed by atoms with E-state index in [-0.39, 0.29) is 0 Å². The molecule has 0 amide bonds. The van der Waals surface area contributed by atoms with Gasteiger partial charge >= 0.3 is 0 Å². The van der Waals surface area contributed by atoms with Gasteiger partial charge in [-0.05, 0) is 67.6 Å². The van der Waals surface area contributed by atoms with Crippen molar-refractivity contribution in [2.24, 2.45) is 0 Å². The van der Waals surface area contributed by atoms with Crippen LogP contribution in [0.15, 0.2) is 91.8 Å². The van der Waals surface area contributed by atoms with Crippen molar-refractivity contribution in [3.63, 3.8) is 0 Å². The Kier molecular flexibility index (Phi) is 11.1. The van der Waals surface area contributed by atoms with Crippen LogP contribution in [0.4, 0.5) is 0 Å². The number of rotatable bonds is 10. The molecule has 3 heteroatoms. The minimum absolute atomic E-state index is 0.882. The summed E-state index contributed by atoms with van der Waals surface area (Å²) < 4.78 is 6.72. The Labute approximate surface area is 241 Å². The van der Waals surface area contributed by atoms with Crippen LogP contribution in [0.25, 0.3) is 0 Å². The molecule has 0 saturated heterocycles. The first-order valence-corrected chi connectivity index (χ1v) is 14.5. The molecule has 0 atom stereocenters. The Balaban J connectivity index is 1.36. The standard InChI is InChI=1S/C37H42N3/c1-32-14-23-38(24-15-32)20-8-4-6-11-35-29-36(12-7-5-9-21-39-25-16-33(2)17-26-39)31-37(30-35)13-10-22-40-27-18-34(3)19-28-40/h14-19,23-31H,4-5,8-10,13,20-22H2,1-3H3/q+3. The van der Waals surface area contributed by atoms with Crippen LogP contribution in [-0.4, -0.2) is 0 Å². The van der Waals surface area contributed by atoms with E-state index in [4.69, 9.17) is 0 Å². The summed E-state index contributed by atoms with van der Waals surface area (Å²) in [6, 6.07) is 19.6. The van der Waals surface area contributed by atoms with Gasteiger partial charge in [0.25, 0.3) is 0 Å². The Hall–Kier alpha value is -4.21. The Morgan fingerprint density at radius 1 is 0.500 bits per heavy atom. The molecule has 4 aromatic rings. The van der Waals surface area contributed by atoms with Gasteiger partial charge in [-0.15, -0.1) is 0 Å². The fourth-order valence-corrected chi connectivity index (χ4v) is 4.52. The van der Waals surface area contributed by atoms with Gasteiger partial charge in [-0.1, -0.05) is 23.7 Å². The summed E-state index contributed by atoms with van der Waals surface area (Å²) in [5.41, 5.74) is 7.33. The van der Waals surface area contributed by atoms with Crippen molar-refractivity contribution >= 4 is 0 Å². The summed E-state index contributed by atoms with van der Waals surface area (Å²) >= 11 is 0. The summed E-state index contributed by atoms with van der Waals surface area (Å²) in [6.45, 7) is 9.35. The SMILES string of the molecule is Cc1cc[n+](CCCC#Cc2cc(C#CCCC[n+]3ccc(C)cc3)cc(CCC[n+]3ccc(C)cc3)c2)cc1. The maximum absolute atomic E-state index is 3.43. The maximum Gasteiger partial charge on any atom is 0.169 e. The molecule has 3 nitrogen and oxygen atoms in total. The number of nitrogens with zero attached hydrogens (tertiary/aromatic N) is 3. The molecule has 0 aliphatic rings. The van der Waals surface area contributed by atoms with Crippen molar-refractivity contribution in [1.82, 2.24) is 0 Å². The third-order valence-corrected chi connectivity index (χ3v) is 6.95. The molecule has 0 fully saturated rings. The zero-order valence-corrected chi connectivity index (χ0v) is 24.4. The molecule has 0 N–H and O–H groups in total. The van der Waals surface area contributed by atoms with Crippen molar-refractivity contribution in [3.05, 3.63) is 125 Å². The fraction of sp³-hybridized carbons (Fsp3) is 0.324. The molecule has 1 aromatic carbocycles. The summed E-state index contributed by atoms with van der Waals surface area (Å²) in [6.07, 6.45) is 18.8. The third kappa shape index (κ3) is 10.2. The summed E-state index contributed by atoms with van der Waals surface area (Å²) in [7, 11) is 0. The first-order chi connectivity index (χ1) is 19.5. The Morgan fingerprint density at radius 3 is 1.27 bits per heavy atom. The van der Waals surface area contributed by atoms with Crippen LogP contribution in [0, 0.1) is 44.5 Å².